The van der Waals surface area contributed by atoms with E-state index in [1.165, 1.54) is 0 Å². The summed E-state index contributed by atoms with van der Waals surface area (Å²) in [6, 6.07) is 19.4. The van der Waals surface area contributed by atoms with Crippen molar-refractivity contribution in [2.75, 3.05) is 0 Å². The zero-order chi connectivity index (χ0) is 11.9. The SMILES string of the molecule is O=C(OCc1ccccc1)[Se]c1ccccc1. The number of benzene rings is 2. The van der Waals surface area contributed by atoms with Crippen LogP contribution in [0.25, 0.3) is 0 Å². The molecule has 0 aliphatic carbocycles. The molecule has 0 saturated carbocycles. The molecule has 0 heterocycles. The Kier molecular flexibility index (Phi) is 4.37. The fourth-order valence-corrected chi connectivity index (χ4v) is 2.60. The van der Waals surface area contributed by atoms with Crippen LogP contribution in [0.3, 0.4) is 0 Å². The summed E-state index contributed by atoms with van der Waals surface area (Å²) in [5, 5.41) is 0. The van der Waals surface area contributed by atoms with Crippen LogP contribution in [0.2, 0.25) is 0 Å². The maximum absolute atomic E-state index is 11.6. The Morgan fingerprint density at radius 2 is 1.53 bits per heavy atom. The molecule has 0 amide bonds. The van der Waals surface area contributed by atoms with Crippen molar-refractivity contribution in [3.8, 4) is 0 Å². The number of carbonyl (C=O) groups excluding carboxylic acids is 1. The molecule has 17 heavy (non-hydrogen) atoms. The Hall–Kier alpha value is -1.57. The van der Waals surface area contributed by atoms with Crippen LogP contribution < -0.4 is 4.46 Å². The first-order chi connectivity index (χ1) is 8.34. The van der Waals surface area contributed by atoms with Crippen molar-refractivity contribution in [2.24, 2.45) is 0 Å². The average Bonchev–Trinajstić information content (AvgIpc) is 2.39. The van der Waals surface area contributed by atoms with E-state index in [0.29, 0.717) is 6.61 Å². The monoisotopic (exact) mass is 292 g/mol. The minimum absolute atomic E-state index is 0.132. The zero-order valence-corrected chi connectivity index (χ0v) is 10.9. The predicted molar refractivity (Wildman–Crippen MR) is 68.5 cm³/mol. The molecule has 0 aliphatic rings. The van der Waals surface area contributed by atoms with E-state index in [4.69, 9.17) is 4.74 Å². The van der Waals surface area contributed by atoms with Crippen LogP contribution in [0.4, 0.5) is 4.79 Å². The molecule has 2 nitrogen and oxygen atoms in total. The van der Waals surface area contributed by atoms with Crippen LogP contribution in [-0.2, 0) is 11.3 Å². The molecule has 0 fully saturated rings. The van der Waals surface area contributed by atoms with Crippen molar-refractivity contribution >= 4 is 24.3 Å². The molecule has 0 bridgehead atoms. The molecule has 2 aromatic rings. The van der Waals surface area contributed by atoms with E-state index in [-0.39, 0.29) is 19.8 Å². The molecule has 0 unspecified atom stereocenters. The van der Waals surface area contributed by atoms with E-state index in [1.54, 1.807) is 0 Å². The Bertz CT molecular complexity index is 468. The number of ether oxygens (including phenoxy) is 1. The van der Waals surface area contributed by atoms with Gasteiger partial charge in [0.05, 0.1) is 0 Å². The van der Waals surface area contributed by atoms with Gasteiger partial charge in [0, 0.05) is 0 Å². The molecular formula is C14H12O2Se. The van der Waals surface area contributed by atoms with Gasteiger partial charge in [-0.15, -0.1) is 0 Å². The van der Waals surface area contributed by atoms with Crippen LogP contribution >= 0.6 is 0 Å². The second-order valence-electron chi connectivity index (χ2n) is 3.44. The first-order valence-electron chi connectivity index (χ1n) is 5.28. The average molecular weight is 291 g/mol. The summed E-state index contributed by atoms with van der Waals surface area (Å²) in [6.45, 7) is 0.355. The third-order valence-electron chi connectivity index (χ3n) is 2.14. The first-order valence-corrected chi connectivity index (χ1v) is 6.99. The number of hydrogen-bond donors (Lipinski definition) is 0. The van der Waals surface area contributed by atoms with Crippen molar-refractivity contribution in [2.45, 2.75) is 6.61 Å². The van der Waals surface area contributed by atoms with Crippen LogP contribution in [0.5, 0.6) is 0 Å². The maximum atomic E-state index is 11.6. The Morgan fingerprint density at radius 3 is 2.18 bits per heavy atom. The molecule has 2 aromatic carbocycles. The van der Waals surface area contributed by atoms with E-state index in [2.05, 4.69) is 0 Å². The second kappa shape index (κ2) is 6.24. The van der Waals surface area contributed by atoms with Gasteiger partial charge in [-0.25, -0.2) is 0 Å². The van der Waals surface area contributed by atoms with Crippen LogP contribution in [0.1, 0.15) is 5.56 Å². The molecule has 3 heteroatoms. The molecule has 2 rings (SSSR count). The molecule has 0 N–H and O–H groups in total. The topological polar surface area (TPSA) is 26.3 Å². The summed E-state index contributed by atoms with van der Waals surface area (Å²) in [5.74, 6) is 0. The van der Waals surface area contributed by atoms with Gasteiger partial charge >= 0.3 is 107 Å². The zero-order valence-electron chi connectivity index (χ0n) is 9.21. The van der Waals surface area contributed by atoms with Gasteiger partial charge in [-0.05, 0) is 0 Å². The number of hydrogen-bond acceptors (Lipinski definition) is 2. The molecule has 0 atom stereocenters. The van der Waals surface area contributed by atoms with E-state index in [0.717, 1.165) is 10.0 Å². The van der Waals surface area contributed by atoms with Gasteiger partial charge in [-0.1, -0.05) is 0 Å². The van der Waals surface area contributed by atoms with Gasteiger partial charge in [-0.3, -0.25) is 0 Å². The van der Waals surface area contributed by atoms with Crippen molar-refractivity contribution < 1.29 is 9.53 Å². The second-order valence-corrected chi connectivity index (χ2v) is 5.56. The number of rotatable bonds is 4. The summed E-state index contributed by atoms with van der Waals surface area (Å²) in [6.07, 6.45) is 0. The van der Waals surface area contributed by atoms with E-state index in [9.17, 15) is 4.79 Å². The summed E-state index contributed by atoms with van der Waals surface area (Å²) >= 11 is -0.254. The molecule has 0 spiro atoms. The van der Waals surface area contributed by atoms with E-state index >= 15 is 0 Å². The summed E-state index contributed by atoms with van der Waals surface area (Å²) in [4.78, 5) is 11.5. The molecule has 0 aromatic heterocycles. The van der Waals surface area contributed by atoms with Gasteiger partial charge in [0.1, 0.15) is 0 Å². The molecule has 0 aliphatic heterocycles. The van der Waals surface area contributed by atoms with Gasteiger partial charge in [0.15, 0.2) is 0 Å². The van der Waals surface area contributed by atoms with Crippen LogP contribution in [0, 0.1) is 0 Å². The van der Waals surface area contributed by atoms with Crippen molar-refractivity contribution in [1.29, 1.82) is 0 Å². The molecular weight excluding hydrogens is 279 g/mol. The summed E-state index contributed by atoms with van der Waals surface area (Å²) in [7, 11) is 0. The van der Waals surface area contributed by atoms with Gasteiger partial charge in [0.25, 0.3) is 0 Å². The first kappa shape index (κ1) is 11.9. The van der Waals surface area contributed by atoms with Crippen LogP contribution in [0.15, 0.2) is 60.7 Å². The fraction of sp³-hybridized carbons (Fsp3) is 0.0714. The third-order valence-corrected chi connectivity index (χ3v) is 3.81. The number of carbonyl (C=O) groups is 1. The minimum atomic E-state index is -0.254. The Labute approximate surface area is 107 Å². The van der Waals surface area contributed by atoms with Gasteiger partial charge in [0.2, 0.25) is 0 Å². The normalized spacial score (nSPS) is 9.88. The Balaban J connectivity index is 1.83. The molecule has 0 saturated heterocycles. The Morgan fingerprint density at radius 1 is 0.941 bits per heavy atom. The fourth-order valence-electron chi connectivity index (χ4n) is 1.33. The quantitative estimate of drug-likeness (QED) is 0.808. The molecule has 0 radical (unpaired) electrons. The van der Waals surface area contributed by atoms with Crippen molar-refractivity contribution in [3.63, 3.8) is 0 Å². The van der Waals surface area contributed by atoms with Crippen molar-refractivity contribution in [1.82, 2.24) is 0 Å². The molecule has 86 valence electrons. The van der Waals surface area contributed by atoms with E-state index in [1.807, 2.05) is 60.7 Å². The third kappa shape index (κ3) is 4.06. The summed E-state index contributed by atoms with van der Waals surface area (Å²) < 4.78 is 6.26. The van der Waals surface area contributed by atoms with Gasteiger partial charge < -0.3 is 0 Å². The standard InChI is InChI=1S/C14H12O2Se/c15-14(17-13-9-5-2-6-10-13)16-11-12-7-3-1-4-8-12/h1-10H,11H2. The van der Waals surface area contributed by atoms with Gasteiger partial charge in [-0.2, -0.15) is 0 Å². The summed E-state index contributed by atoms with van der Waals surface area (Å²) in [5.41, 5.74) is 1.02. The van der Waals surface area contributed by atoms with Crippen LogP contribution in [-0.4, -0.2) is 19.8 Å². The van der Waals surface area contributed by atoms with E-state index < -0.39 is 0 Å². The van der Waals surface area contributed by atoms with Crippen molar-refractivity contribution in [3.05, 3.63) is 66.2 Å². The predicted octanol–water partition coefficient (Wildman–Crippen LogP) is 2.35.